The molecule has 1 saturated heterocycles. The molecule has 0 radical (unpaired) electrons. The zero-order chi connectivity index (χ0) is 37.3. The van der Waals surface area contributed by atoms with Gasteiger partial charge in [-0.05, 0) is 99.7 Å². The van der Waals surface area contributed by atoms with Crippen LogP contribution in [-0.2, 0) is 24.8 Å². The summed E-state index contributed by atoms with van der Waals surface area (Å²) >= 11 is 13.5. The van der Waals surface area contributed by atoms with Gasteiger partial charge in [-0.25, -0.2) is 4.79 Å². The summed E-state index contributed by atoms with van der Waals surface area (Å²) in [4.78, 5) is 30.5. The van der Waals surface area contributed by atoms with Gasteiger partial charge in [0.25, 0.3) is 5.91 Å². The first-order valence-electron chi connectivity index (χ1n) is 17.5. The Bertz CT molecular complexity index is 2110. The number of aromatic carboxylic acids is 1. The lowest BCUT2D eigenvalue weighted by Gasteiger charge is -2.27. The minimum absolute atomic E-state index is 0.150. The fourth-order valence-corrected chi connectivity index (χ4v) is 7.54. The first-order valence-corrected chi connectivity index (χ1v) is 18.3. The van der Waals surface area contributed by atoms with Gasteiger partial charge in [0.2, 0.25) is 0 Å². The van der Waals surface area contributed by atoms with Crippen LogP contribution in [0.1, 0.15) is 55.3 Å². The van der Waals surface area contributed by atoms with Crippen molar-refractivity contribution in [3.8, 4) is 16.9 Å². The van der Waals surface area contributed by atoms with Crippen LogP contribution >= 0.6 is 23.2 Å². The maximum Gasteiger partial charge on any atom is 0.335 e. The molecule has 1 amide bonds. The molecule has 1 N–H and O–H groups in total. The summed E-state index contributed by atoms with van der Waals surface area (Å²) in [6.07, 6.45) is 1.20. The SMILES string of the molecule is Cc1cc(OCCCc2c(C(=O)N(C)c3ccc(C(=O)O)cc3)n(CCN3CCOCC3)c3c(-c4c(C)nn(C)c4C)c(Cl)ccc23)cc(C)c1Cl. The van der Waals surface area contributed by atoms with E-state index in [9.17, 15) is 14.7 Å². The molecule has 274 valence electrons. The lowest BCUT2D eigenvalue weighted by Crippen LogP contribution is -2.38. The smallest absolute Gasteiger partial charge is 0.335 e. The van der Waals surface area contributed by atoms with E-state index >= 15 is 0 Å². The number of aromatic nitrogens is 3. The van der Waals surface area contributed by atoms with Crippen LogP contribution in [0.25, 0.3) is 22.0 Å². The number of fused-ring (bicyclic) bond motifs is 1. The molecule has 10 nitrogen and oxygen atoms in total. The molecule has 0 bridgehead atoms. The van der Waals surface area contributed by atoms with Crippen molar-refractivity contribution >= 4 is 51.7 Å². The molecule has 2 aromatic heterocycles. The highest BCUT2D eigenvalue weighted by atomic mass is 35.5. The summed E-state index contributed by atoms with van der Waals surface area (Å²) in [5, 5.41) is 16.5. The maximum atomic E-state index is 14.9. The number of morpholine rings is 1. The molecule has 12 heteroatoms. The molecule has 1 fully saturated rings. The molecule has 0 spiro atoms. The number of hydrogen-bond donors (Lipinski definition) is 1. The molecule has 0 unspecified atom stereocenters. The van der Waals surface area contributed by atoms with Crippen molar-refractivity contribution in [2.45, 2.75) is 47.1 Å². The van der Waals surface area contributed by atoms with E-state index in [2.05, 4.69) is 9.47 Å². The fraction of sp³-hybridized carbons (Fsp3) is 0.375. The molecule has 3 aromatic carbocycles. The normalized spacial score (nSPS) is 13.5. The minimum atomic E-state index is -1.03. The van der Waals surface area contributed by atoms with Gasteiger partial charge < -0.3 is 24.0 Å². The molecule has 1 aliphatic heterocycles. The highest BCUT2D eigenvalue weighted by Gasteiger charge is 2.30. The number of ether oxygens (including phenoxy) is 2. The average molecular weight is 747 g/mol. The summed E-state index contributed by atoms with van der Waals surface area (Å²) in [6, 6.07) is 14.2. The van der Waals surface area contributed by atoms with E-state index in [4.69, 9.17) is 37.8 Å². The van der Waals surface area contributed by atoms with Gasteiger partial charge in [0.15, 0.2) is 0 Å². The minimum Gasteiger partial charge on any atom is -0.494 e. The largest absolute Gasteiger partial charge is 0.494 e. The molecule has 52 heavy (non-hydrogen) atoms. The number of benzene rings is 3. The molecule has 1 aliphatic rings. The number of carbonyl (C=O) groups is 2. The van der Waals surface area contributed by atoms with Crippen molar-refractivity contribution in [3.63, 3.8) is 0 Å². The van der Waals surface area contributed by atoms with Crippen LogP contribution in [0.5, 0.6) is 5.75 Å². The molecule has 5 aromatic rings. The van der Waals surface area contributed by atoms with Crippen LogP contribution in [-0.4, -0.2) is 82.7 Å². The van der Waals surface area contributed by atoms with E-state index in [-0.39, 0.29) is 11.5 Å². The lowest BCUT2D eigenvalue weighted by atomic mass is 9.98. The van der Waals surface area contributed by atoms with Crippen LogP contribution < -0.4 is 9.64 Å². The van der Waals surface area contributed by atoms with E-state index in [0.29, 0.717) is 62.2 Å². The van der Waals surface area contributed by atoms with Crippen LogP contribution in [0.3, 0.4) is 0 Å². The van der Waals surface area contributed by atoms with Gasteiger partial charge in [-0.15, -0.1) is 0 Å². The first-order chi connectivity index (χ1) is 24.9. The number of anilines is 1. The van der Waals surface area contributed by atoms with E-state index in [1.54, 1.807) is 24.1 Å². The Kier molecular flexibility index (Phi) is 11.3. The summed E-state index contributed by atoms with van der Waals surface area (Å²) in [7, 11) is 3.65. The molecule has 0 atom stereocenters. The predicted octanol–water partition coefficient (Wildman–Crippen LogP) is 7.90. The van der Waals surface area contributed by atoms with Gasteiger partial charge in [-0.1, -0.05) is 29.3 Å². The number of aryl methyl sites for hydroxylation is 5. The van der Waals surface area contributed by atoms with E-state index in [0.717, 1.165) is 74.0 Å². The average Bonchev–Trinajstić information content (AvgIpc) is 3.58. The zero-order valence-corrected chi connectivity index (χ0v) is 32.1. The molecule has 6 rings (SSSR count). The Morgan fingerprint density at radius 1 is 0.962 bits per heavy atom. The summed E-state index contributed by atoms with van der Waals surface area (Å²) in [5.74, 6) is -0.477. The van der Waals surface area contributed by atoms with Gasteiger partial charge in [0.1, 0.15) is 11.4 Å². The van der Waals surface area contributed by atoms with Gasteiger partial charge in [-0.3, -0.25) is 14.4 Å². The van der Waals surface area contributed by atoms with Crippen LogP contribution in [0.4, 0.5) is 5.69 Å². The fourth-order valence-electron chi connectivity index (χ4n) is 7.19. The highest BCUT2D eigenvalue weighted by Crippen LogP contribution is 2.42. The van der Waals surface area contributed by atoms with Crippen molar-refractivity contribution in [3.05, 3.63) is 97.9 Å². The second-order valence-corrected chi connectivity index (χ2v) is 14.2. The summed E-state index contributed by atoms with van der Waals surface area (Å²) < 4.78 is 15.9. The number of nitrogens with zero attached hydrogens (tertiary/aromatic N) is 5. The molecular formula is C40H45Cl2N5O5. The van der Waals surface area contributed by atoms with Crippen LogP contribution in [0, 0.1) is 27.7 Å². The van der Waals surface area contributed by atoms with Gasteiger partial charge in [-0.2, -0.15) is 5.10 Å². The Labute approximate surface area is 314 Å². The van der Waals surface area contributed by atoms with E-state index in [1.807, 2.05) is 63.7 Å². The first kappa shape index (κ1) is 37.4. The maximum absolute atomic E-state index is 14.9. The Balaban J connectivity index is 1.49. The van der Waals surface area contributed by atoms with Crippen molar-refractivity contribution in [1.29, 1.82) is 0 Å². The highest BCUT2D eigenvalue weighted by molar-refractivity contribution is 6.35. The van der Waals surface area contributed by atoms with Gasteiger partial charge in [0.05, 0.1) is 41.6 Å². The number of hydrogen-bond acceptors (Lipinski definition) is 6. The topological polar surface area (TPSA) is 102 Å². The molecular weight excluding hydrogens is 701 g/mol. The van der Waals surface area contributed by atoms with Crippen LogP contribution in [0.2, 0.25) is 10.0 Å². The molecule has 0 aliphatic carbocycles. The van der Waals surface area contributed by atoms with Crippen molar-refractivity contribution < 1.29 is 24.2 Å². The summed E-state index contributed by atoms with van der Waals surface area (Å²) in [5.41, 5.74) is 8.62. The van der Waals surface area contributed by atoms with E-state index < -0.39 is 5.97 Å². The lowest BCUT2D eigenvalue weighted by molar-refractivity contribution is 0.0364. The standard InChI is InChI=1S/C40H45Cl2N5O5/c1-24-22-30(23-25(2)36(24)42)52-19-7-8-31-32-13-14-33(41)35(34-26(3)43-45(6)27(34)4)37(32)47(16-15-46-17-20-51-21-18-46)38(31)39(48)44(5)29-11-9-28(10-12-29)40(49)50/h9-14,22-23H,7-8,15-21H2,1-6H3,(H,49,50). The van der Waals surface area contributed by atoms with E-state index in [1.165, 1.54) is 12.1 Å². The second kappa shape index (κ2) is 15.7. The molecule has 3 heterocycles. The number of carbonyl (C=O) groups excluding carboxylic acids is 1. The zero-order valence-electron chi connectivity index (χ0n) is 30.6. The second-order valence-electron chi connectivity index (χ2n) is 13.5. The number of rotatable bonds is 12. The summed E-state index contributed by atoms with van der Waals surface area (Å²) in [6.45, 7) is 12.6. The predicted molar refractivity (Wildman–Crippen MR) is 207 cm³/mol. The molecule has 0 saturated carbocycles. The third-order valence-corrected chi connectivity index (χ3v) is 11.0. The Hall–Kier alpha value is -4.35. The number of amides is 1. The van der Waals surface area contributed by atoms with Crippen molar-refractivity contribution in [2.75, 3.05) is 51.4 Å². The van der Waals surface area contributed by atoms with Crippen molar-refractivity contribution in [1.82, 2.24) is 19.2 Å². The van der Waals surface area contributed by atoms with Gasteiger partial charge >= 0.3 is 5.97 Å². The number of halogens is 2. The third kappa shape index (κ3) is 7.43. The Morgan fingerprint density at radius 3 is 2.25 bits per heavy atom. The monoisotopic (exact) mass is 745 g/mol. The van der Waals surface area contributed by atoms with Crippen LogP contribution in [0.15, 0.2) is 48.5 Å². The van der Waals surface area contributed by atoms with Crippen molar-refractivity contribution in [2.24, 2.45) is 7.05 Å². The number of carboxylic acids is 1. The third-order valence-electron chi connectivity index (χ3n) is 10.0. The van der Waals surface area contributed by atoms with Gasteiger partial charge in [0, 0.05) is 73.2 Å². The quantitative estimate of drug-likeness (QED) is 0.130. The Morgan fingerprint density at radius 2 is 1.63 bits per heavy atom. The number of carboxylic acid groups (broad SMARTS) is 1.